The molecule has 0 aliphatic carbocycles. The zero-order valence-corrected chi connectivity index (χ0v) is 9.42. The Bertz CT molecular complexity index is 778. The Hall–Kier alpha value is -2.62. The smallest absolute Gasteiger partial charge is 0.248 e. The van der Waals surface area contributed by atoms with Crippen molar-refractivity contribution in [1.82, 2.24) is 9.97 Å². The molecular formula is C14H10N2O2. The van der Waals surface area contributed by atoms with Crippen LogP contribution in [-0.4, -0.2) is 15.1 Å². The Morgan fingerprint density at radius 3 is 2.67 bits per heavy atom. The minimum Gasteiger partial charge on any atom is -0.506 e. The number of hydrogen-bond donors (Lipinski definition) is 2. The van der Waals surface area contributed by atoms with Crippen LogP contribution >= 0.6 is 0 Å². The van der Waals surface area contributed by atoms with Crippen molar-refractivity contribution in [2.45, 2.75) is 0 Å². The third kappa shape index (κ3) is 1.84. The van der Waals surface area contributed by atoms with Gasteiger partial charge in [0, 0.05) is 23.3 Å². The zero-order valence-electron chi connectivity index (χ0n) is 9.42. The summed E-state index contributed by atoms with van der Waals surface area (Å²) in [6, 6.07) is 10.6. The Kier molecular flexibility index (Phi) is 2.34. The number of fused-ring (bicyclic) bond motifs is 1. The van der Waals surface area contributed by atoms with E-state index in [0.29, 0.717) is 0 Å². The molecule has 0 amide bonds. The predicted molar refractivity (Wildman–Crippen MR) is 69.5 cm³/mol. The molecule has 3 aromatic rings. The second kappa shape index (κ2) is 4.00. The Morgan fingerprint density at radius 2 is 1.83 bits per heavy atom. The molecule has 0 unspecified atom stereocenters. The number of benzene rings is 1. The molecule has 0 fully saturated rings. The predicted octanol–water partition coefficient (Wildman–Crippen LogP) is 2.30. The normalized spacial score (nSPS) is 10.7. The maximum absolute atomic E-state index is 11.3. The van der Waals surface area contributed by atoms with Crippen LogP contribution in [0.4, 0.5) is 0 Å². The van der Waals surface area contributed by atoms with Crippen LogP contribution in [0.15, 0.2) is 53.6 Å². The molecule has 1 aromatic carbocycles. The van der Waals surface area contributed by atoms with Gasteiger partial charge >= 0.3 is 0 Å². The summed E-state index contributed by atoms with van der Waals surface area (Å²) >= 11 is 0. The fraction of sp³-hybridized carbons (Fsp3) is 0. The Labute approximate surface area is 103 Å². The molecule has 0 radical (unpaired) electrons. The highest BCUT2D eigenvalue weighted by Gasteiger charge is 2.01. The van der Waals surface area contributed by atoms with Crippen molar-refractivity contribution in [1.29, 1.82) is 0 Å². The molecule has 0 aliphatic heterocycles. The topological polar surface area (TPSA) is 66.0 Å². The van der Waals surface area contributed by atoms with Crippen molar-refractivity contribution in [2.75, 3.05) is 0 Å². The summed E-state index contributed by atoms with van der Waals surface area (Å²) in [5.41, 5.74) is 2.34. The largest absolute Gasteiger partial charge is 0.506 e. The number of hydrogen-bond acceptors (Lipinski definition) is 3. The molecule has 4 nitrogen and oxygen atoms in total. The number of nitrogens with zero attached hydrogens (tertiary/aromatic N) is 1. The van der Waals surface area contributed by atoms with Crippen molar-refractivity contribution in [3.63, 3.8) is 0 Å². The minimum atomic E-state index is -0.131. The number of aromatic amines is 1. The molecule has 0 saturated heterocycles. The van der Waals surface area contributed by atoms with Gasteiger partial charge in [-0.3, -0.25) is 9.78 Å². The van der Waals surface area contributed by atoms with Crippen molar-refractivity contribution in [3.05, 3.63) is 59.1 Å². The van der Waals surface area contributed by atoms with Crippen molar-refractivity contribution < 1.29 is 5.11 Å². The Balaban J connectivity index is 2.21. The fourth-order valence-electron chi connectivity index (χ4n) is 1.91. The van der Waals surface area contributed by atoms with Gasteiger partial charge < -0.3 is 10.1 Å². The maximum Gasteiger partial charge on any atom is 0.248 e. The van der Waals surface area contributed by atoms with Crippen molar-refractivity contribution >= 4 is 10.9 Å². The highest BCUT2D eigenvalue weighted by Crippen LogP contribution is 2.24. The highest BCUT2D eigenvalue weighted by molar-refractivity contribution is 5.84. The van der Waals surface area contributed by atoms with Crippen LogP contribution in [0, 0.1) is 0 Å². The molecule has 0 atom stereocenters. The van der Waals surface area contributed by atoms with Gasteiger partial charge in [-0.25, -0.2) is 0 Å². The summed E-state index contributed by atoms with van der Waals surface area (Å²) in [6.07, 6.45) is 3.05. The Morgan fingerprint density at radius 1 is 1.00 bits per heavy atom. The summed E-state index contributed by atoms with van der Waals surface area (Å²) < 4.78 is 0. The van der Waals surface area contributed by atoms with Crippen LogP contribution < -0.4 is 5.56 Å². The first-order valence-electron chi connectivity index (χ1n) is 5.50. The first-order valence-corrected chi connectivity index (χ1v) is 5.50. The molecule has 4 heteroatoms. The van der Waals surface area contributed by atoms with Crippen molar-refractivity contribution in [2.24, 2.45) is 0 Å². The van der Waals surface area contributed by atoms with E-state index in [9.17, 15) is 9.90 Å². The van der Waals surface area contributed by atoms with Crippen LogP contribution in [0.5, 0.6) is 5.75 Å². The molecule has 2 aromatic heterocycles. The van der Waals surface area contributed by atoms with Gasteiger partial charge in [-0.05, 0) is 29.1 Å². The van der Waals surface area contributed by atoms with Gasteiger partial charge in [0.05, 0.1) is 6.20 Å². The van der Waals surface area contributed by atoms with Crippen molar-refractivity contribution in [3.8, 4) is 16.9 Å². The number of pyridine rings is 2. The molecular weight excluding hydrogens is 228 g/mol. The molecule has 2 heterocycles. The number of aromatic nitrogens is 2. The number of nitrogens with one attached hydrogen (secondary N) is 1. The lowest BCUT2D eigenvalue weighted by Crippen LogP contribution is -2.02. The molecule has 0 saturated carbocycles. The number of H-pyrrole nitrogens is 1. The summed E-state index contributed by atoms with van der Waals surface area (Å²) in [6.45, 7) is 0. The van der Waals surface area contributed by atoms with Gasteiger partial charge in [0.15, 0.2) is 0 Å². The summed E-state index contributed by atoms with van der Waals surface area (Å²) in [7, 11) is 0. The lowest BCUT2D eigenvalue weighted by atomic mass is 10.1. The van der Waals surface area contributed by atoms with E-state index in [-0.39, 0.29) is 11.3 Å². The molecule has 18 heavy (non-hydrogen) atoms. The van der Waals surface area contributed by atoms with E-state index in [1.165, 1.54) is 12.3 Å². The maximum atomic E-state index is 11.3. The van der Waals surface area contributed by atoms with Crippen LogP contribution in [0.25, 0.3) is 22.0 Å². The van der Waals surface area contributed by atoms with E-state index >= 15 is 0 Å². The summed E-state index contributed by atoms with van der Waals surface area (Å²) in [5.74, 6) is 0.120. The standard InChI is InChI=1S/C14H10N2O2/c17-12-5-11(7-15-8-12)10-2-1-9-3-4-14(18)16-13(9)6-10/h1-8,17H,(H,16,18). The van der Waals surface area contributed by atoms with E-state index in [1.807, 2.05) is 18.2 Å². The van der Waals surface area contributed by atoms with Crippen LogP contribution in [0.1, 0.15) is 0 Å². The van der Waals surface area contributed by atoms with Gasteiger partial charge in [-0.15, -0.1) is 0 Å². The first-order chi connectivity index (χ1) is 8.72. The van der Waals surface area contributed by atoms with Gasteiger partial charge in [0.1, 0.15) is 5.75 Å². The molecule has 0 bridgehead atoms. The van der Waals surface area contributed by atoms with E-state index in [4.69, 9.17) is 0 Å². The third-order valence-electron chi connectivity index (χ3n) is 2.78. The molecule has 88 valence electrons. The van der Waals surface area contributed by atoms with Crippen LogP contribution in [0.3, 0.4) is 0 Å². The number of rotatable bonds is 1. The number of aromatic hydroxyl groups is 1. The third-order valence-corrected chi connectivity index (χ3v) is 2.78. The second-order valence-corrected chi connectivity index (χ2v) is 4.06. The average Bonchev–Trinajstić information content (AvgIpc) is 2.38. The summed E-state index contributed by atoms with van der Waals surface area (Å²) in [5, 5.41) is 10.4. The first kappa shape index (κ1) is 10.5. The fourth-order valence-corrected chi connectivity index (χ4v) is 1.91. The van der Waals surface area contributed by atoms with Crippen LogP contribution in [0.2, 0.25) is 0 Å². The molecule has 0 aliphatic rings. The monoisotopic (exact) mass is 238 g/mol. The quantitative estimate of drug-likeness (QED) is 0.683. The van der Waals surface area contributed by atoms with E-state index in [2.05, 4.69) is 9.97 Å². The van der Waals surface area contributed by atoms with Gasteiger partial charge in [-0.2, -0.15) is 0 Å². The lowest BCUT2D eigenvalue weighted by molar-refractivity contribution is 0.473. The van der Waals surface area contributed by atoms with E-state index in [1.54, 1.807) is 18.3 Å². The summed E-state index contributed by atoms with van der Waals surface area (Å²) in [4.78, 5) is 18.0. The van der Waals surface area contributed by atoms with E-state index in [0.717, 1.165) is 22.0 Å². The van der Waals surface area contributed by atoms with Gasteiger partial charge in [0.25, 0.3) is 0 Å². The molecule has 0 spiro atoms. The SMILES string of the molecule is O=c1ccc2ccc(-c3cncc(O)c3)cc2[nH]1. The van der Waals surface area contributed by atoms with E-state index < -0.39 is 0 Å². The second-order valence-electron chi connectivity index (χ2n) is 4.06. The van der Waals surface area contributed by atoms with Crippen LogP contribution in [-0.2, 0) is 0 Å². The molecule has 3 rings (SSSR count). The highest BCUT2D eigenvalue weighted by atomic mass is 16.3. The average molecular weight is 238 g/mol. The van der Waals surface area contributed by atoms with Gasteiger partial charge in [0.2, 0.25) is 5.56 Å². The molecule has 2 N–H and O–H groups in total. The lowest BCUT2D eigenvalue weighted by Gasteiger charge is -2.03. The minimum absolute atomic E-state index is 0.120. The van der Waals surface area contributed by atoms with Gasteiger partial charge in [-0.1, -0.05) is 12.1 Å². The zero-order chi connectivity index (χ0) is 12.5.